The molecule has 0 bridgehead atoms. The van der Waals surface area contributed by atoms with Gasteiger partial charge in [-0.25, -0.2) is 9.37 Å². The summed E-state index contributed by atoms with van der Waals surface area (Å²) in [6, 6.07) is 11.9. The molecule has 116 valence electrons. The number of oxazole rings is 1. The molecule has 0 aliphatic heterocycles. The molecular weight excluding hydrogens is 317 g/mol. The van der Waals surface area contributed by atoms with Crippen molar-refractivity contribution in [3.8, 4) is 11.3 Å². The van der Waals surface area contributed by atoms with Gasteiger partial charge in [0.25, 0.3) is 0 Å². The summed E-state index contributed by atoms with van der Waals surface area (Å²) in [4.78, 5) is 15.9. The number of carbonyl (C=O) groups is 1. The van der Waals surface area contributed by atoms with Gasteiger partial charge in [0.1, 0.15) is 11.6 Å². The number of halogens is 2. The summed E-state index contributed by atoms with van der Waals surface area (Å²) in [5.74, 6) is -0.105. The molecule has 0 spiro atoms. The zero-order valence-electron chi connectivity index (χ0n) is 12.1. The molecule has 1 heterocycles. The van der Waals surface area contributed by atoms with Gasteiger partial charge in [0, 0.05) is 17.9 Å². The summed E-state index contributed by atoms with van der Waals surface area (Å²) in [5, 5.41) is 0.563. The summed E-state index contributed by atoms with van der Waals surface area (Å²) >= 11 is 6.05. The summed E-state index contributed by atoms with van der Waals surface area (Å²) in [6.45, 7) is 0. The molecule has 0 aliphatic carbocycles. The highest BCUT2D eigenvalue weighted by Gasteiger charge is 2.12. The zero-order valence-corrected chi connectivity index (χ0v) is 12.9. The normalized spacial score (nSPS) is 10.7. The molecule has 2 aromatic carbocycles. The Bertz CT molecular complexity index is 831. The fourth-order valence-corrected chi connectivity index (χ4v) is 2.56. The van der Waals surface area contributed by atoms with Gasteiger partial charge in [-0.05, 0) is 29.3 Å². The van der Waals surface area contributed by atoms with Gasteiger partial charge in [0.2, 0.25) is 0 Å². The van der Waals surface area contributed by atoms with Gasteiger partial charge in [0.05, 0.1) is 11.8 Å². The van der Waals surface area contributed by atoms with Gasteiger partial charge in [-0.2, -0.15) is 0 Å². The van der Waals surface area contributed by atoms with Crippen LogP contribution in [0.5, 0.6) is 0 Å². The van der Waals surface area contributed by atoms with E-state index >= 15 is 0 Å². The Balaban J connectivity index is 1.72. The van der Waals surface area contributed by atoms with E-state index in [9.17, 15) is 9.18 Å². The molecule has 0 radical (unpaired) electrons. The molecule has 0 aliphatic rings. The van der Waals surface area contributed by atoms with Crippen LogP contribution in [0, 0.1) is 5.82 Å². The van der Waals surface area contributed by atoms with Crippen molar-refractivity contribution in [3.63, 3.8) is 0 Å². The van der Waals surface area contributed by atoms with Crippen LogP contribution in [0.3, 0.4) is 0 Å². The van der Waals surface area contributed by atoms with E-state index in [1.54, 1.807) is 18.2 Å². The van der Waals surface area contributed by atoms with Crippen LogP contribution in [0.25, 0.3) is 11.3 Å². The van der Waals surface area contributed by atoms with E-state index in [1.165, 1.54) is 18.7 Å². The highest BCUT2D eigenvalue weighted by Crippen LogP contribution is 2.23. The predicted molar refractivity (Wildman–Crippen MR) is 85.8 cm³/mol. The third-order valence-corrected chi connectivity index (χ3v) is 3.85. The Labute approximate surface area is 137 Å². The first-order chi connectivity index (χ1) is 11.1. The average Bonchev–Trinajstić information content (AvgIpc) is 3.04. The second kappa shape index (κ2) is 6.75. The van der Waals surface area contributed by atoms with E-state index in [2.05, 4.69) is 4.98 Å². The lowest BCUT2D eigenvalue weighted by molar-refractivity contribution is -0.117. The molecule has 0 atom stereocenters. The van der Waals surface area contributed by atoms with Crippen molar-refractivity contribution < 1.29 is 13.6 Å². The van der Waals surface area contributed by atoms with Crippen LogP contribution >= 0.6 is 11.6 Å². The average molecular weight is 330 g/mol. The number of nitrogens with zero attached hydrogens (tertiary/aromatic N) is 1. The number of hydrogen-bond donors (Lipinski definition) is 0. The van der Waals surface area contributed by atoms with E-state index in [4.69, 9.17) is 16.0 Å². The number of benzene rings is 2. The van der Waals surface area contributed by atoms with E-state index in [-0.39, 0.29) is 18.6 Å². The molecule has 0 N–H and O–H groups in total. The predicted octanol–water partition coefficient (Wildman–Crippen LogP) is 4.49. The molecule has 0 saturated carbocycles. The second-order valence-electron chi connectivity index (χ2n) is 5.16. The lowest BCUT2D eigenvalue weighted by Crippen LogP contribution is -2.07. The largest absolute Gasteiger partial charge is 0.443 e. The second-order valence-corrected chi connectivity index (χ2v) is 5.57. The first kappa shape index (κ1) is 15.4. The minimum absolute atomic E-state index is 0.0232. The Hall–Kier alpha value is -2.46. The highest BCUT2D eigenvalue weighted by molar-refractivity contribution is 6.31. The van der Waals surface area contributed by atoms with Crippen LogP contribution < -0.4 is 0 Å². The molecule has 3 aromatic rings. The van der Waals surface area contributed by atoms with Crippen LogP contribution in [-0.2, 0) is 17.6 Å². The molecule has 5 heteroatoms. The highest BCUT2D eigenvalue weighted by atomic mass is 35.5. The fourth-order valence-electron chi connectivity index (χ4n) is 2.36. The quantitative estimate of drug-likeness (QED) is 0.692. The summed E-state index contributed by atoms with van der Waals surface area (Å²) in [5.41, 5.74) is 1.71. The fraction of sp³-hybridized carbons (Fsp3) is 0.111. The van der Waals surface area contributed by atoms with Gasteiger partial charge < -0.3 is 4.42 Å². The van der Waals surface area contributed by atoms with Gasteiger partial charge in [-0.15, -0.1) is 0 Å². The summed E-state index contributed by atoms with van der Waals surface area (Å²) in [7, 11) is 0. The molecular formula is C18H13ClFNO2. The minimum atomic E-state index is -0.440. The van der Waals surface area contributed by atoms with Gasteiger partial charge in [-0.1, -0.05) is 35.9 Å². The SMILES string of the molecule is O=C(Cc1ccc(-c2cnco2)c(F)c1)Cc1ccccc1Cl. The van der Waals surface area contributed by atoms with Crippen LogP contribution in [0.1, 0.15) is 11.1 Å². The van der Waals surface area contributed by atoms with Crippen molar-refractivity contribution in [1.82, 2.24) is 4.98 Å². The van der Waals surface area contributed by atoms with Crippen LogP contribution in [0.2, 0.25) is 5.02 Å². The number of carbonyl (C=O) groups excluding carboxylic acids is 1. The summed E-state index contributed by atoms with van der Waals surface area (Å²) < 4.78 is 19.2. The Morgan fingerprint density at radius 2 is 2.00 bits per heavy atom. The van der Waals surface area contributed by atoms with Crippen LogP contribution in [0.15, 0.2) is 59.5 Å². The maximum absolute atomic E-state index is 14.1. The Morgan fingerprint density at radius 3 is 2.70 bits per heavy atom. The number of aromatic nitrogens is 1. The van der Waals surface area contributed by atoms with E-state index < -0.39 is 5.82 Å². The first-order valence-electron chi connectivity index (χ1n) is 7.06. The van der Waals surface area contributed by atoms with Crippen molar-refractivity contribution in [1.29, 1.82) is 0 Å². The molecule has 0 fully saturated rings. The third kappa shape index (κ3) is 3.66. The van der Waals surface area contributed by atoms with Crippen molar-refractivity contribution in [2.24, 2.45) is 0 Å². The number of Topliss-reactive ketones (excluding diaryl/α,β-unsaturated/α-hetero) is 1. The van der Waals surface area contributed by atoms with Crippen LogP contribution in [-0.4, -0.2) is 10.8 Å². The molecule has 1 aromatic heterocycles. The summed E-state index contributed by atoms with van der Waals surface area (Å²) in [6.07, 6.45) is 3.07. The van der Waals surface area contributed by atoms with Crippen molar-refractivity contribution >= 4 is 17.4 Å². The van der Waals surface area contributed by atoms with Crippen LogP contribution in [0.4, 0.5) is 4.39 Å². The smallest absolute Gasteiger partial charge is 0.181 e. The lowest BCUT2D eigenvalue weighted by atomic mass is 10.0. The third-order valence-electron chi connectivity index (χ3n) is 3.48. The molecule has 3 nitrogen and oxygen atoms in total. The van der Waals surface area contributed by atoms with E-state index in [0.717, 1.165) is 5.56 Å². The molecule has 0 amide bonds. The van der Waals surface area contributed by atoms with Crippen molar-refractivity contribution in [3.05, 3.63) is 77.0 Å². The van der Waals surface area contributed by atoms with Crippen molar-refractivity contribution in [2.45, 2.75) is 12.8 Å². The monoisotopic (exact) mass is 329 g/mol. The van der Waals surface area contributed by atoms with E-state index in [0.29, 0.717) is 21.9 Å². The lowest BCUT2D eigenvalue weighted by Gasteiger charge is -2.06. The number of ketones is 1. The maximum Gasteiger partial charge on any atom is 0.181 e. The maximum atomic E-state index is 14.1. The Morgan fingerprint density at radius 1 is 1.17 bits per heavy atom. The molecule has 0 unspecified atom stereocenters. The standard InChI is InChI=1S/C18H13ClFNO2/c19-16-4-2-1-3-13(16)9-14(22)7-12-5-6-15(17(20)8-12)18-10-21-11-23-18/h1-6,8,10-11H,7,9H2. The van der Waals surface area contributed by atoms with Gasteiger partial charge in [-0.3, -0.25) is 4.79 Å². The van der Waals surface area contributed by atoms with Gasteiger partial charge in [0.15, 0.2) is 12.2 Å². The van der Waals surface area contributed by atoms with E-state index in [1.807, 2.05) is 18.2 Å². The first-order valence-corrected chi connectivity index (χ1v) is 7.43. The molecule has 3 rings (SSSR count). The van der Waals surface area contributed by atoms with Gasteiger partial charge >= 0.3 is 0 Å². The number of hydrogen-bond acceptors (Lipinski definition) is 3. The molecule has 23 heavy (non-hydrogen) atoms. The minimum Gasteiger partial charge on any atom is -0.443 e. The zero-order chi connectivity index (χ0) is 16.2. The van der Waals surface area contributed by atoms with Crippen molar-refractivity contribution in [2.75, 3.05) is 0 Å². The Kier molecular flexibility index (Phi) is 4.53. The number of rotatable bonds is 5. The molecule has 0 saturated heterocycles. The topological polar surface area (TPSA) is 43.1 Å².